The molecule has 28 heavy (non-hydrogen) atoms. The highest BCUT2D eigenvalue weighted by Crippen LogP contribution is 2.37. The Morgan fingerprint density at radius 1 is 1.14 bits per heavy atom. The molecule has 144 valence electrons. The van der Waals surface area contributed by atoms with Gasteiger partial charge in [0.2, 0.25) is 0 Å². The first-order chi connectivity index (χ1) is 13.5. The Bertz CT molecular complexity index is 1060. The highest BCUT2D eigenvalue weighted by Gasteiger charge is 2.29. The second-order valence-corrected chi connectivity index (χ2v) is 8.48. The maximum absolute atomic E-state index is 12.9. The van der Waals surface area contributed by atoms with E-state index in [2.05, 4.69) is 35.0 Å². The van der Waals surface area contributed by atoms with Crippen LogP contribution in [0.5, 0.6) is 0 Å². The van der Waals surface area contributed by atoms with Crippen LogP contribution in [0, 0.1) is 6.92 Å². The molecule has 0 unspecified atom stereocenters. The van der Waals surface area contributed by atoms with Crippen LogP contribution in [0.3, 0.4) is 0 Å². The van der Waals surface area contributed by atoms with Crippen LogP contribution in [-0.4, -0.2) is 14.9 Å². The lowest BCUT2D eigenvalue weighted by atomic mass is 10.1. The molecule has 0 spiro atoms. The number of carbonyl (C=O) groups is 1. The molecule has 0 atom stereocenters. The molecule has 4 rings (SSSR count). The average Bonchev–Trinajstić information content (AvgIpc) is 3.46. The quantitative estimate of drug-likeness (QED) is 0.524. The van der Waals surface area contributed by atoms with Crippen molar-refractivity contribution in [2.45, 2.75) is 45.2 Å². The van der Waals surface area contributed by atoms with Crippen LogP contribution in [0.1, 0.15) is 36.4 Å². The number of hydrogen-bond donors (Lipinski definition) is 0. The average molecular weight is 439 g/mol. The van der Waals surface area contributed by atoms with Crippen LogP contribution in [-0.2, 0) is 17.8 Å². The number of aryl methyl sites for hydroxylation is 2. The molecule has 0 bridgehead atoms. The van der Waals surface area contributed by atoms with Crippen LogP contribution in [0.4, 0.5) is 0 Å². The van der Waals surface area contributed by atoms with Gasteiger partial charge in [-0.15, -0.1) is 0 Å². The molecule has 1 aliphatic rings. The van der Waals surface area contributed by atoms with Crippen molar-refractivity contribution in [2.75, 3.05) is 0 Å². The highest BCUT2D eigenvalue weighted by atomic mass is 79.9. The van der Waals surface area contributed by atoms with Gasteiger partial charge in [-0.25, -0.2) is 4.79 Å². The van der Waals surface area contributed by atoms with Gasteiger partial charge in [0.05, 0.1) is 12.2 Å². The Kier molecular flexibility index (Phi) is 5.36. The number of imidazole rings is 1. The van der Waals surface area contributed by atoms with Crippen LogP contribution in [0.15, 0.2) is 64.0 Å². The molecule has 1 aliphatic carbocycles. The normalized spacial score (nSPS) is 13.6. The van der Waals surface area contributed by atoms with Gasteiger partial charge < -0.3 is 0 Å². The predicted octanol–water partition coefficient (Wildman–Crippen LogP) is 4.92. The number of aromatic nitrogens is 2. The summed E-state index contributed by atoms with van der Waals surface area (Å²) in [7, 11) is 0. The zero-order valence-corrected chi connectivity index (χ0v) is 17.5. The SMILES string of the molecule is Cc1cccc(CCC(=O)Cn2cc(-c3ccc(Br)cc3)n(C3CC3)c2=O)c1. The maximum atomic E-state index is 12.9. The second-order valence-electron chi connectivity index (χ2n) is 7.56. The smallest absolute Gasteiger partial charge is 0.298 e. The molecule has 2 aromatic carbocycles. The van der Waals surface area contributed by atoms with Gasteiger partial charge in [0.1, 0.15) is 0 Å². The van der Waals surface area contributed by atoms with E-state index in [1.54, 1.807) is 4.57 Å². The minimum absolute atomic E-state index is 0.0793. The monoisotopic (exact) mass is 438 g/mol. The molecular formula is C23H23BrN2O2. The lowest BCUT2D eigenvalue weighted by Crippen LogP contribution is -2.26. The van der Waals surface area contributed by atoms with Gasteiger partial charge >= 0.3 is 5.69 Å². The summed E-state index contributed by atoms with van der Waals surface area (Å²) in [6.45, 7) is 2.18. The third-order valence-corrected chi connectivity index (χ3v) is 5.69. The topological polar surface area (TPSA) is 44.0 Å². The fourth-order valence-corrected chi connectivity index (χ4v) is 3.82. The summed E-state index contributed by atoms with van der Waals surface area (Å²) in [6, 6.07) is 16.4. The van der Waals surface area contributed by atoms with Crippen LogP contribution in [0.25, 0.3) is 11.3 Å². The number of nitrogens with zero attached hydrogens (tertiary/aromatic N) is 2. The molecular weight excluding hydrogens is 416 g/mol. The summed E-state index contributed by atoms with van der Waals surface area (Å²) in [5.41, 5.74) is 4.17. The van der Waals surface area contributed by atoms with E-state index in [1.165, 1.54) is 5.56 Å². The van der Waals surface area contributed by atoms with Gasteiger partial charge in [0, 0.05) is 23.1 Å². The van der Waals surface area contributed by atoms with E-state index in [1.807, 2.05) is 47.2 Å². The maximum Gasteiger partial charge on any atom is 0.329 e. The molecule has 5 heteroatoms. The summed E-state index contributed by atoms with van der Waals surface area (Å²) in [6.07, 6.45) is 5.04. The molecule has 0 saturated heterocycles. The van der Waals surface area contributed by atoms with Gasteiger partial charge in [-0.1, -0.05) is 57.9 Å². The predicted molar refractivity (Wildman–Crippen MR) is 115 cm³/mol. The van der Waals surface area contributed by atoms with E-state index in [0.29, 0.717) is 12.8 Å². The second kappa shape index (κ2) is 7.92. The number of Topliss-reactive ketones (excluding diaryl/α,β-unsaturated/α-hetero) is 1. The number of halogens is 1. The first-order valence-corrected chi connectivity index (χ1v) is 10.5. The van der Waals surface area contributed by atoms with Crippen molar-refractivity contribution in [2.24, 2.45) is 0 Å². The third kappa shape index (κ3) is 4.20. The fourth-order valence-electron chi connectivity index (χ4n) is 3.56. The largest absolute Gasteiger partial charge is 0.329 e. The van der Waals surface area contributed by atoms with E-state index >= 15 is 0 Å². The third-order valence-electron chi connectivity index (χ3n) is 5.16. The van der Waals surface area contributed by atoms with Crippen molar-refractivity contribution < 1.29 is 4.79 Å². The minimum atomic E-state index is -0.0793. The van der Waals surface area contributed by atoms with E-state index in [4.69, 9.17) is 0 Å². The fraction of sp³-hybridized carbons (Fsp3) is 0.304. The Balaban J connectivity index is 1.53. The lowest BCUT2D eigenvalue weighted by molar-refractivity contribution is -0.119. The lowest BCUT2D eigenvalue weighted by Gasteiger charge is -2.05. The number of ketones is 1. The van der Waals surface area contributed by atoms with E-state index in [-0.39, 0.29) is 24.1 Å². The van der Waals surface area contributed by atoms with E-state index in [0.717, 1.165) is 34.1 Å². The number of carbonyl (C=O) groups excluding carboxylic acids is 1. The van der Waals surface area contributed by atoms with Gasteiger partial charge in [-0.05, 0) is 49.4 Å². The summed E-state index contributed by atoms with van der Waals surface area (Å²) in [5, 5.41) is 0. The number of benzene rings is 2. The van der Waals surface area contributed by atoms with Crippen molar-refractivity contribution in [3.8, 4) is 11.3 Å². The van der Waals surface area contributed by atoms with Gasteiger partial charge in [-0.3, -0.25) is 13.9 Å². The van der Waals surface area contributed by atoms with E-state index < -0.39 is 0 Å². The molecule has 3 aromatic rings. The highest BCUT2D eigenvalue weighted by molar-refractivity contribution is 9.10. The molecule has 0 aliphatic heterocycles. The first-order valence-electron chi connectivity index (χ1n) is 9.66. The zero-order valence-electron chi connectivity index (χ0n) is 15.9. The van der Waals surface area contributed by atoms with Crippen LogP contribution >= 0.6 is 15.9 Å². The molecule has 0 N–H and O–H groups in total. The molecule has 1 heterocycles. The minimum Gasteiger partial charge on any atom is -0.298 e. The molecule has 0 radical (unpaired) electrons. The molecule has 0 amide bonds. The first kappa shape index (κ1) is 18.9. The molecule has 1 aromatic heterocycles. The van der Waals surface area contributed by atoms with Crippen molar-refractivity contribution in [3.05, 3.63) is 80.8 Å². The Morgan fingerprint density at radius 3 is 2.57 bits per heavy atom. The Hall–Kier alpha value is -2.40. The Morgan fingerprint density at radius 2 is 1.89 bits per heavy atom. The summed E-state index contributed by atoms with van der Waals surface area (Å²) >= 11 is 3.45. The van der Waals surface area contributed by atoms with Crippen LogP contribution in [0.2, 0.25) is 0 Å². The van der Waals surface area contributed by atoms with Gasteiger partial charge in [-0.2, -0.15) is 0 Å². The van der Waals surface area contributed by atoms with Crippen molar-refractivity contribution >= 4 is 21.7 Å². The summed E-state index contributed by atoms with van der Waals surface area (Å²) in [5.74, 6) is 0.0823. The summed E-state index contributed by atoms with van der Waals surface area (Å²) < 4.78 is 4.44. The number of hydrogen-bond acceptors (Lipinski definition) is 2. The molecule has 1 fully saturated rings. The van der Waals surface area contributed by atoms with E-state index in [9.17, 15) is 9.59 Å². The van der Waals surface area contributed by atoms with Crippen molar-refractivity contribution in [3.63, 3.8) is 0 Å². The molecule has 1 saturated carbocycles. The van der Waals surface area contributed by atoms with Crippen molar-refractivity contribution in [1.82, 2.24) is 9.13 Å². The van der Waals surface area contributed by atoms with Gasteiger partial charge in [0.25, 0.3) is 0 Å². The van der Waals surface area contributed by atoms with Crippen molar-refractivity contribution in [1.29, 1.82) is 0 Å². The number of rotatable bonds is 7. The summed E-state index contributed by atoms with van der Waals surface area (Å²) in [4.78, 5) is 25.5. The van der Waals surface area contributed by atoms with Gasteiger partial charge in [0.15, 0.2) is 5.78 Å². The molecule has 4 nitrogen and oxygen atoms in total. The zero-order chi connectivity index (χ0) is 19.7. The standard InChI is InChI=1S/C23H23BrN2O2/c1-16-3-2-4-17(13-16)5-12-21(27)14-25-15-22(18-6-8-19(24)9-7-18)26(23(25)28)20-10-11-20/h2-4,6-9,13,15,20H,5,10-12,14H2,1H3. The van der Waals surface area contributed by atoms with Crippen LogP contribution < -0.4 is 5.69 Å². The Labute approximate surface area is 172 Å².